The lowest BCUT2D eigenvalue weighted by Crippen LogP contribution is -2.21. The summed E-state index contributed by atoms with van der Waals surface area (Å²) in [7, 11) is 1.64. The first-order chi connectivity index (χ1) is 15.1. The van der Waals surface area contributed by atoms with Crippen LogP contribution >= 0.6 is 23.1 Å². The Balaban J connectivity index is 1.76. The average molecular weight is 454 g/mol. The van der Waals surface area contributed by atoms with Gasteiger partial charge in [0.2, 0.25) is 0 Å². The fraction of sp³-hybridized carbons (Fsp3) is 0.250. The number of rotatable bonds is 6. The minimum Gasteiger partial charge on any atom is -0.497 e. The van der Waals surface area contributed by atoms with Crippen molar-refractivity contribution in [3.63, 3.8) is 0 Å². The zero-order valence-electron chi connectivity index (χ0n) is 17.3. The molecule has 0 aliphatic heterocycles. The van der Waals surface area contributed by atoms with E-state index in [2.05, 4.69) is 5.16 Å². The van der Waals surface area contributed by atoms with E-state index in [0.717, 1.165) is 31.5 Å². The highest BCUT2D eigenvalue weighted by atomic mass is 32.2. The molecule has 7 heteroatoms. The second-order valence-electron chi connectivity index (χ2n) is 7.13. The van der Waals surface area contributed by atoms with Crippen LogP contribution in [0.3, 0.4) is 0 Å². The van der Waals surface area contributed by atoms with E-state index >= 15 is 0 Å². The number of benzene rings is 2. The van der Waals surface area contributed by atoms with Crippen LogP contribution in [-0.4, -0.2) is 30.6 Å². The van der Waals surface area contributed by atoms with Gasteiger partial charge in [0.1, 0.15) is 10.6 Å². The molecule has 1 atom stereocenters. The maximum Gasteiger partial charge on any atom is 0.348 e. The van der Waals surface area contributed by atoms with Crippen molar-refractivity contribution in [3.05, 3.63) is 76.2 Å². The molecule has 160 valence electrons. The molecule has 0 bridgehead atoms. The number of methoxy groups -OCH3 is 1. The van der Waals surface area contributed by atoms with Gasteiger partial charge < -0.3 is 14.7 Å². The molecule has 0 radical (unpaired) electrons. The molecule has 1 aromatic heterocycles. The first kappa shape index (κ1) is 21.5. The number of fused-ring (bicyclic) bond motifs is 1. The minimum absolute atomic E-state index is 0.0988. The maximum atomic E-state index is 12.8. The van der Waals surface area contributed by atoms with Gasteiger partial charge in [-0.1, -0.05) is 47.2 Å². The van der Waals surface area contributed by atoms with Crippen molar-refractivity contribution < 1.29 is 19.5 Å². The van der Waals surface area contributed by atoms with Gasteiger partial charge in [0.05, 0.1) is 23.6 Å². The number of carbonyl (C=O) groups excluding carboxylic acids is 1. The summed E-state index contributed by atoms with van der Waals surface area (Å²) in [4.78, 5) is 14.4. The summed E-state index contributed by atoms with van der Waals surface area (Å²) < 4.78 is 11.6. The monoisotopic (exact) mass is 453 g/mol. The number of hydrogen-bond donors (Lipinski definition) is 1. The number of nitrogens with zero attached hydrogens (tertiary/aromatic N) is 1. The van der Waals surface area contributed by atoms with Gasteiger partial charge in [-0.25, -0.2) is 4.79 Å². The van der Waals surface area contributed by atoms with E-state index in [-0.39, 0.29) is 11.9 Å². The van der Waals surface area contributed by atoms with Crippen molar-refractivity contribution in [2.45, 2.75) is 34.8 Å². The molecule has 5 nitrogen and oxygen atoms in total. The Labute approximate surface area is 189 Å². The molecule has 1 aliphatic rings. The van der Waals surface area contributed by atoms with E-state index in [1.54, 1.807) is 25.8 Å². The summed E-state index contributed by atoms with van der Waals surface area (Å²) in [6.07, 6.45) is 1.28. The van der Waals surface area contributed by atoms with E-state index in [9.17, 15) is 10.0 Å². The number of ether oxygens (including phenoxy) is 2. The molecular weight excluding hydrogens is 430 g/mol. The van der Waals surface area contributed by atoms with Gasteiger partial charge in [0.15, 0.2) is 0 Å². The van der Waals surface area contributed by atoms with Gasteiger partial charge in [-0.15, -0.1) is 11.3 Å². The van der Waals surface area contributed by atoms with Gasteiger partial charge in [0.25, 0.3) is 0 Å². The molecule has 0 fully saturated rings. The van der Waals surface area contributed by atoms with Crippen LogP contribution in [0.4, 0.5) is 0 Å². The smallest absolute Gasteiger partial charge is 0.348 e. The van der Waals surface area contributed by atoms with Crippen LogP contribution < -0.4 is 4.74 Å². The largest absolute Gasteiger partial charge is 0.497 e. The van der Waals surface area contributed by atoms with Crippen molar-refractivity contribution >= 4 is 34.8 Å². The van der Waals surface area contributed by atoms with Crippen LogP contribution in [0, 0.1) is 0 Å². The van der Waals surface area contributed by atoms with E-state index in [0.29, 0.717) is 30.0 Å². The second-order valence-corrected chi connectivity index (χ2v) is 9.50. The Hall–Kier alpha value is -2.77. The zero-order valence-corrected chi connectivity index (χ0v) is 19.0. The molecule has 1 N–H and O–H groups in total. The van der Waals surface area contributed by atoms with E-state index in [1.165, 1.54) is 11.3 Å². The van der Waals surface area contributed by atoms with Crippen LogP contribution in [0.2, 0.25) is 0 Å². The molecule has 0 amide bonds. The predicted molar refractivity (Wildman–Crippen MR) is 123 cm³/mol. The second kappa shape index (κ2) is 9.58. The van der Waals surface area contributed by atoms with Gasteiger partial charge >= 0.3 is 5.97 Å². The zero-order chi connectivity index (χ0) is 21.8. The van der Waals surface area contributed by atoms with Gasteiger partial charge in [-0.05, 0) is 54.7 Å². The average Bonchev–Trinajstić information content (AvgIpc) is 3.18. The Morgan fingerprint density at radius 3 is 2.55 bits per heavy atom. The Morgan fingerprint density at radius 1 is 1.16 bits per heavy atom. The molecule has 0 saturated heterocycles. The summed E-state index contributed by atoms with van der Waals surface area (Å²) in [5.74, 6) is 0.568. The van der Waals surface area contributed by atoms with Crippen LogP contribution in [0.15, 0.2) is 68.9 Å². The standard InChI is InChI=1S/C24H23NO4S2/c1-3-29-23(26)22-19-13-16(15-9-11-17(28-2)12-10-15)14-20(25-27)21(19)24(31-22)30-18-7-5-4-6-8-18/h4-12,16,27H,3,13-14H2,1-2H3. The Morgan fingerprint density at radius 2 is 1.90 bits per heavy atom. The topological polar surface area (TPSA) is 68.1 Å². The normalized spacial score (nSPS) is 16.7. The first-order valence-electron chi connectivity index (χ1n) is 10.1. The van der Waals surface area contributed by atoms with Crippen molar-refractivity contribution in [1.82, 2.24) is 0 Å². The highest BCUT2D eigenvalue weighted by Gasteiger charge is 2.34. The molecule has 31 heavy (non-hydrogen) atoms. The third kappa shape index (κ3) is 4.48. The summed E-state index contributed by atoms with van der Waals surface area (Å²) in [5.41, 5.74) is 3.49. The SMILES string of the molecule is CCOC(=O)c1sc(Sc2ccccc2)c2c1CC(c1ccc(OC)cc1)CC2=NO. The Bertz CT molecular complexity index is 1090. The molecule has 2 aromatic carbocycles. The molecule has 3 aromatic rings. The van der Waals surface area contributed by atoms with Crippen molar-refractivity contribution in [2.75, 3.05) is 13.7 Å². The van der Waals surface area contributed by atoms with Crippen LogP contribution in [0.5, 0.6) is 5.75 Å². The molecule has 1 unspecified atom stereocenters. The van der Waals surface area contributed by atoms with E-state index in [4.69, 9.17) is 9.47 Å². The number of thiophene rings is 1. The number of carbonyl (C=O) groups is 1. The van der Waals surface area contributed by atoms with Gasteiger partial charge in [-0.3, -0.25) is 0 Å². The highest BCUT2D eigenvalue weighted by molar-refractivity contribution is 8.01. The van der Waals surface area contributed by atoms with Gasteiger partial charge in [0, 0.05) is 16.9 Å². The van der Waals surface area contributed by atoms with Crippen molar-refractivity contribution in [1.29, 1.82) is 0 Å². The summed E-state index contributed by atoms with van der Waals surface area (Å²) in [6, 6.07) is 17.9. The molecule has 1 heterocycles. The molecule has 0 spiro atoms. The van der Waals surface area contributed by atoms with Crippen molar-refractivity contribution in [2.24, 2.45) is 5.16 Å². The van der Waals surface area contributed by atoms with Crippen LogP contribution in [0.25, 0.3) is 0 Å². The quantitative estimate of drug-likeness (QED) is 0.282. The molecule has 1 aliphatic carbocycles. The van der Waals surface area contributed by atoms with Crippen LogP contribution in [0.1, 0.15) is 45.6 Å². The third-order valence-corrected chi connectivity index (χ3v) is 7.68. The summed E-state index contributed by atoms with van der Waals surface area (Å²) >= 11 is 3.00. The minimum atomic E-state index is -0.323. The third-order valence-electron chi connectivity index (χ3n) is 5.28. The predicted octanol–water partition coefficient (Wildman–Crippen LogP) is 5.99. The number of esters is 1. The number of oxime groups is 1. The fourth-order valence-electron chi connectivity index (χ4n) is 3.81. The lowest BCUT2D eigenvalue weighted by molar-refractivity contribution is 0.0530. The Kier molecular flexibility index (Phi) is 6.63. The molecule has 4 rings (SSSR count). The van der Waals surface area contributed by atoms with Crippen molar-refractivity contribution in [3.8, 4) is 5.75 Å². The van der Waals surface area contributed by atoms with E-state index in [1.807, 2.05) is 54.6 Å². The lowest BCUT2D eigenvalue weighted by Gasteiger charge is -2.25. The van der Waals surface area contributed by atoms with E-state index < -0.39 is 0 Å². The molecular formula is C24H23NO4S2. The summed E-state index contributed by atoms with van der Waals surface area (Å²) in [6.45, 7) is 2.12. The van der Waals surface area contributed by atoms with Gasteiger partial charge in [-0.2, -0.15) is 0 Å². The highest BCUT2D eigenvalue weighted by Crippen LogP contribution is 2.46. The fourth-order valence-corrected chi connectivity index (χ4v) is 6.35. The lowest BCUT2D eigenvalue weighted by atomic mass is 9.80. The molecule has 0 saturated carbocycles. The van der Waals surface area contributed by atoms with Crippen LogP contribution in [-0.2, 0) is 11.2 Å². The maximum absolute atomic E-state index is 12.8. The first-order valence-corrected chi connectivity index (χ1v) is 11.7. The summed E-state index contributed by atoms with van der Waals surface area (Å²) in [5, 5.41) is 13.5. The number of hydrogen-bond acceptors (Lipinski definition) is 7.